The Balaban J connectivity index is 1.55. The van der Waals surface area contributed by atoms with Crippen LogP contribution in [0.4, 0.5) is 22.0 Å². The lowest BCUT2D eigenvalue weighted by atomic mass is 10.00. The highest BCUT2D eigenvalue weighted by atomic mass is 19.2. The van der Waals surface area contributed by atoms with Crippen molar-refractivity contribution in [2.24, 2.45) is 5.73 Å². The van der Waals surface area contributed by atoms with Crippen molar-refractivity contribution in [1.82, 2.24) is 20.0 Å². The van der Waals surface area contributed by atoms with Gasteiger partial charge in [-0.1, -0.05) is 5.16 Å². The Bertz CT molecular complexity index is 1290. The molecule has 14 heteroatoms. The molecule has 1 fully saturated rings. The zero-order valence-electron chi connectivity index (χ0n) is 18.3. The molecular weight excluding hydrogens is 493 g/mol. The van der Waals surface area contributed by atoms with E-state index in [4.69, 9.17) is 15.0 Å². The van der Waals surface area contributed by atoms with Crippen LogP contribution in [0, 0.1) is 29.1 Å². The topological polar surface area (TPSA) is 124 Å². The van der Waals surface area contributed by atoms with Crippen LogP contribution in [0.1, 0.15) is 30.3 Å². The maximum absolute atomic E-state index is 14.1. The van der Waals surface area contributed by atoms with Crippen LogP contribution in [-0.4, -0.2) is 51.1 Å². The summed E-state index contributed by atoms with van der Waals surface area (Å²) in [5, 5.41) is 3.64. The third-order valence-electron chi connectivity index (χ3n) is 5.66. The van der Waals surface area contributed by atoms with E-state index in [0.717, 1.165) is 6.20 Å². The van der Waals surface area contributed by atoms with Gasteiger partial charge in [0.1, 0.15) is 23.4 Å². The molecular formula is C22H18F5N5O4. The first-order valence-electron chi connectivity index (χ1n) is 10.6. The maximum Gasteiger partial charge on any atom is 0.293 e. The fraction of sp³-hybridized carbons (Fsp3) is 0.318. The summed E-state index contributed by atoms with van der Waals surface area (Å²) in [7, 11) is 0. The van der Waals surface area contributed by atoms with Gasteiger partial charge in [-0.15, -0.1) is 0 Å². The molecule has 1 aliphatic rings. The van der Waals surface area contributed by atoms with Gasteiger partial charge in [-0.25, -0.2) is 26.9 Å². The molecule has 3 aromatic rings. The number of hydrogen-bond donors (Lipinski definition) is 1. The van der Waals surface area contributed by atoms with E-state index >= 15 is 0 Å². The second-order valence-corrected chi connectivity index (χ2v) is 8.01. The van der Waals surface area contributed by atoms with E-state index < -0.39 is 59.6 Å². The van der Waals surface area contributed by atoms with Gasteiger partial charge < -0.3 is 19.9 Å². The van der Waals surface area contributed by atoms with Gasteiger partial charge in [0, 0.05) is 18.7 Å². The van der Waals surface area contributed by atoms with E-state index in [1.165, 1.54) is 4.90 Å². The highest BCUT2D eigenvalue weighted by Gasteiger charge is 2.40. The van der Waals surface area contributed by atoms with Crippen molar-refractivity contribution >= 4 is 12.4 Å². The number of halogens is 5. The monoisotopic (exact) mass is 511 g/mol. The number of pyridine rings is 1. The molecule has 2 N–H and O–H groups in total. The van der Waals surface area contributed by atoms with Crippen molar-refractivity contribution in [2.45, 2.75) is 37.5 Å². The molecule has 0 aliphatic carbocycles. The van der Waals surface area contributed by atoms with Crippen LogP contribution in [0.15, 0.2) is 28.9 Å². The minimum Gasteiger partial charge on any atom is -0.453 e. The number of nitrogens with two attached hydrogens (primary N) is 1. The second kappa shape index (κ2) is 10.4. The average molecular weight is 511 g/mol. The Kier molecular flexibility index (Phi) is 7.24. The molecule has 36 heavy (non-hydrogen) atoms. The van der Waals surface area contributed by atoms with Crippen LogP contribution in [0.2, 0.25) is 0 Å². The van der Waals surface area contributed by atoms with Crippen molar-refractivity contribution in [3.05, 3.63) is 64.9 Å². The van der Waals surface area contributed by atoms with Crippen LogP contribution in [0.5, 0.6) is 0 Å². The van der Waals surface area contributed by atoms with Crippen molar-refractivity contribution in [3.8, 4) is 11.5 Å². The van der Waals surface area contributed by atoms with Gasteiger partial charge in [-0.2, -0.15) is 4.98 Å². The molecule has 2 aromatic heterocycles. The van der Waals surface area contributed by atoms with Gasteiger partial charge in [0.2, 0.25) is 11.7 Å². The predicted molar refractivity (Wildman–Crippen MR) is 110 cm³/mol. The number of carbonyl (C=O) groups excluding carboxylic acids is 2. The molecule has 3 heterocycles. The molecule has 0 spiro atoms. The molecule has 0 bridgehead atoms. The molecule has 1 unspecified atom stereocenters. The number of hydrogen-bond acceptors (Lipinski definition) is 8. The Morgan fingerprint density at radius 3 is 2.64 bits per heavy atom. The molecule has 190 valence electrons. The molecule has 1 saturated heterocycles. The van der Waals surface area contributed by atoms with E-state index in [1.807, 2.05) is 0 Å². The fourth-order valence-electron chi connectivity index (χ4n) is 3.98. The number of aromatic nitrogens is 3. The Morgan fingerprint density at radius 2 is 1.92 bits per heavy atom. The van der Waals surface area contributed by atoms with Crippen molar-refractivity contribution in [3.63, 3.8) is 0 Å². The van der Waals surface area contributed by atoms with Crippen LogP contribution >= 0.6 is 0 Å². The lowest BCUT2D eigenvalue weighted by Crippen LogP contribution is -2.50. The third-order valence-corrected chi connectivity index (χ3v) is 5.66. The summed E-state index contributed by atoms with van der Waals surface area (Å²) in [4.78, 5) is 33.3. The SMILES string of the molecule is N[C@H](Cc1cc(F)c(F)cc1F)C(OC=O)C(=O)N1CCC[C@H]1c1nc(-c2ncc(F)cc2F)no1. The van der Waals surface area contributed by atoms with Gasteiger partial charge in [0.25, 0.3) is 12.4 Å². The lowest BCUT2D eigenvalue weighted by molar-refractivity contribution is -0.154. The number of nitrogens with zero attached hydrogens (tertiary/aromatic N) is 4. The summed E-state index contributed by atoms with van der Waals surface area (Å²) in [6.07, 6.45) is -0.440. The van der Waals surface area contributed by atoms with E-state index in [2.05, 4.69) is 15.1 Å². The van der Waals surface area contributed by atoms with Gasteiger partial charge in [0.05, 0.1) is 12.2 Å². The largest absolute Gasteiger partial charge is 0.453 e. The van der Waals surface area contributed by atoms with Crippen LogP contribution < -0.4 is 5.73 Å². The molecule has 9 nitrogen and oxygen atoms in total. The van der Waals surface area contributed by atoms with E-state index in [-0.39, 0.29) is 36.0 Å². The molecule has 0 radical (unpaired) electrons. The van der Waals surface area contributed by atoms with Crippen LogP contribution in [-0.2, 0) is 20.7 Å². The van der Waals surface area contributed by atoms with Gasteiger partial charge in [0.15, 0.2) is 23.6 Å². The van der Waals surface area contributed by atoms with E-state index in [1.54, 1.807) is 0 Å². The molecule has 4 rings (SSSR count). The smallest absolute Gasteiger partial charge is 0.293 e. The normalized spacial score (nSPS) is 17.2. The van der Waals surface area contributed by atoms with Crippen LogP contribution in [0.25, 0.3) is 11.5 Å². The first-order valence-corrected chi connectivity index (χ1v) is 10.6. The number of benzene rings is 1. The summed E-state index contributed by atoms with van der Waals surface area (Å²) in [6, 6.07) is -0.570. The number of likely N-dealkylation sites (tertiary alicyclic amines) is 1. The average Bonchev–Trinajstić information content (AvgIpc) is 3.50. The second-order valence-electron chi connectivity index (χ2n) is 8.01. The minimum atomic E-state index is -1.60. The molecule has 0 saturated carbocycles. The number of ether oxygens (including phenoxy) is 1. The summed E-state index contributed by atoms with van der Waals surface area (Å²) in [5.41, 5.74) is 5.33. The molecule has 1 amide bonds. The highest BCUT2D eigenvalue weighted by Crippen LogP contribution is 2.33. The van der Waals surface area contributed by atoms with E-state index in [0.29, 0.717) is 31.0 Å². The highest BCUT2D eigenvalue weighted by molar-refractivity contribution is 5.83. The van der Waals surface area contributed by atoms with Crippen molar-refractivity contribution in [2.75, 3.05) is 6.54 Å². The first kappa shape index (κ1) is 25.2. The molecule has 1 aromatic carbocycles. The Hall–Kier alpha value is -3.94. The third kappa shape index (κ3) is 5.03. The number of carbonyl (C=O) groups is 2. The first-order chi connectivity index (χ1) is 17.2. The number of amides is 1. The van der Waals surface area contributed by atoms with Gasteiger partial charge >= 0.3 is 0 Å². The summed E-state index contributed by atoms with van der Waals surface area (Å²) in [6.45, 7) is 0.165. The van der Waals surface area contributed by atoms with Gasteiger partial charge in [-0.05, 0) is 30.9 Å². The van der Waals surface area contributed by atoms with E-state index in [9.17, 15) is 31.5 Å². The fourth-order valence-corrected chi connectivity index (χ4v) is 3.98. The summed E-state index contributed by atoms with van der Waals surface area (Å²) in [5.74, 6) is -6.82. The van der Waals surface area contributed by atoms with Gasteiger partial charge in [-0.3, -0.25) is 9.59 Å². The predicted octanol–water partition coefficient (Wildman–Crippen LogP) is 2.60. The Labute approximate surface area is 200 Å². The minimum absolute atomic E-state index is 0.0110. The lowest BCUT2D eigenvalue weighted by Gasteiger charge is -2.29. The standard InChI is InChI=1S/C22H18F5N5O4/c23-11-6-15(27)18(29-8-11)20-30-21(36-31-20)17-2-1-3-32(17)22(34)19(35-9-33)16(28)5-10-4-13(25)14(26)7-12(10)24/h4,6-9,16-17,19H,1-3,5,28H2/t16-,17+,19?/m1/s1. The maximum atomic E-state index is 14.1. The molecule has 1 aliphatic heterocycles. The van der Waals surface area contributed by atoms with Crippen molar-refractivity contribution < 1.29 is 40.8 Å². The quantitative estimate of drug-likeness (QED) is 0.278. The van der Waals surface area contributed by atoms with Crippen molar-refractivity contribution in [1.29, 1.82) is 0 Å². The molecule has 3 atom stereocenters. The zero-order valence-corrected chi connectivity index (χ0v) is 18.3. The summed E-state index contributed by atoms with van der Waals surface area (Å²) < 4.78 is 78.1. The zero-order chi connectivity index (χ0) is 26.0. The number of rotatable bonds is 8. The van der Waals surface area contributed by atoms with Crippen LogP contribution in [0.3, 0.4) is 0 Å². The Morgan fingerprint density at radius 1 is 1.17 bits per heavy atom. The summed E-state index contributed by atoms with van der Waals surface area (Å²) >= 11 is 0.